The zero-order valence-corrected chi connectivity index (χ0v) is 16.7. The van der Waals surface area contributed by atoms with Crippen LogP contribution < -0.4 is 0 Å². The van der Waals surface area contributed by atoms with Crippen molar-refractivity contribution in [2.75, 3.05) is 0 Å². The number of rotatable bonds is 3. The number of benzene rings is 2. The summed E-state index contributed by atoms with van der Waals surface area (Å²) < 4.78 is 1.62. The van der Waals surface area contributed by atoms with Crippen molar-refractivity contribution >= 4 is 34.4 Å². The van der Waals surface area contributed by atoms with E-state index in [1.807, 2.05) is 74.5 Å². The van der Waals surface area contributed by atoms with Crippen LogP contribution in [-0.2, 0) is 0 Å². The number of nitrogens with zero attached hydrogens (tertiary/aromatic N) is 5. The van der Waals surface area contributed by atoms with Gasteiger partial charge in [0.25, 0.3) is 0 Å². The molecule has 6 nitrogen and oxygen atoms in total. The predicted molar refractivity (Wildman–Crippen MR) is 115 cm³/mol. The molecule has 0 saturated carbocycles. The van der Waals surface area contributed by atoms with E-state index in [4.69, 9.17) is 4.99 Å². The fourth-order valence-electron chi connectivity index (χ4n) is 3.45. The summed E-state index contributed by atoms with van der Waals surface area (Å²) in [7, 11) is 0. The Labute approximate surface area is 171 Å². The number of imidazole rings is 1. The highest BCUT2D eigenvalue weighted by atomic mass is 32.1. The van der Waals surface area contributed by atoms with Crippen LogP contribution in [0.15, 0.2) is 59.6 Å². The zero-order valence-electron chi connectivity index (χ0n) is 15.9. The number of aliphatic imine (C=N–C) groups is 1. The van der Waals surface area contributed by atoms with Crippen molar-refractivity contribution in [1.29, 1.82) is 0 Å². The highest BCUT2D eigenvalue weighted by Crippen LogP contribution is 2.39. The maximum atomic E-state index is 10.9. The first-order valence-electron chi connectivity index (χ1n) is 9.16. The first-order valence-corrected chi connectivity index (χ1v) is 9.98. The summed E-state index contributed by atoms with van der Waals surface area (Å²) >= 11 is 1.41. The highest BCUT2D eigenvalue weighted by molar-refractivity contribution is 7.13. The number of aromatic nitrogens is 4. The minimum atomic E-state index is 0.0444. The van der Waals surface area contributed by atoms with E-state index in [0.717, 1.165) is 33.1 Å². The summed E-state index contributed by atoms with van der Waals surface area (Å²) in [5.74, 6) is 0.693. The van der Waals surface area contributed by atoms with Crippen molar-refractivity contribution in [3.05, 3.63) is 82.3 Å². The molecule has 5 rings (SSSR count). The Bertz CT molecular complexity index is 1280. The Balaban J connectivity index is 1.67. The molecule has 0 radical (unpaired) electrons. The average molecular weight is 399 g/mol. The number of hydrogen-bond acceptors (Lipinski definition) is 6. The molecule has 2 aromatic heterocycles. The topological polar surface area (TPSA) is 76.2 Å². The molecule has 1 aliphatic heterocycles. The molecule has 0 amide bonds. The summed E-state index contributed by atoms with van der Waals surface area (Å²) in [6.07, 6.45) is 1.89. The molecule has 0 atom stereocenters. The summed E-state index contributed by atoms with van der Waals surface area (Å²) in [6.45, 7) is 3.72. The van der Waals surface area contributed by atoms with Gasteiger partial charge in [-0.3, -0.25) is 0 Å². The molecule has 0 fully saturated rings. The molecule has 2 aromatic carbocycles. The fourth-order valence-corrected chi connectivity index (χ4v) is 4.19. The van der Waals surface area contributed by atoms with Crippen LogP contribution in [0.2, 0.25) is 0 Å². The summed E-state index contributed by atoms with van der Waals surface area (Å²) in [4.78, 5) is 9.41. The number of hydrogen-bond donors (Lipinski definition) is 1. The van der Waals surface area contributed by atoms with E-state index in [1.165, 1.54) is 11.3 Å². The first kappa shape index (κ1) is 17.5. The molecule has 0 bridgehead atoms. The number of aromatic hydroxyl groups is 1. The Hall–Kier alpha value is -3.58. The third-order valence-electron chi connectivity index (χ3n) is 4.76. The van der Waals surface area contributed by atoms with Crippen LogP contribution >= 0.6 is 11.3 Å². The van der Waals surface area contributed by atoms with E-state index >= 15 is 0 Å². The van der Waals surface area contributed by atoms with E-state index < -0.39 is 0 Å². The molecule has 29 heavy (non-hydrogen) atoms. The largest absolute Gasteiger partial charge is 0.493 e. The van der Waals surface area contributed by atoms with Gasteiger partial charge in [-0.1, -0.05) is 59.9 Å². The van der Waals surface area contributed by atoms with Gasteiger partial charge in [0, 0.05) is 16.7 Å². The van der Waals surface area contributed by atoms with Gasteiger partial charge in [-0.15, -0.1) is 10.2 Å². The highest BCUT2D eigenvalue weighted by Gasteiger charge is 2.24. The lowest BCUT2D eigenvalue weighted by Crippen LogP contribution is -1.99. The smallest absolute Gasteiger partial charge is 0.225 e. The van der Waals surface area contributed by atoms with Gasteiger partial charge in [0.05, 0.1) is 11.4 Å². The van der Waals surface area contributed by atoms with Crippen LogP contribution in [0.1, 0.15) is 27.7 Å². The molecule has 0 spiro atoms. The van der Waals surface area contributed by atoms with Crippen molar-refractivity contribution in [3.63, 3.8) is 0 Å². The van der Waals surface area contributed by atoms with Crippen LogP contribution in [0.5, 0.6) is 5.88 Å². The van der Waals surface area contributed by atoms with Crippen LogP contribution in [-0.4, -0.2) is 30.6 Å². The quantitative estimate of drug-likeness (QED) is 0.541. The van der Waals surface area contributed by atoms with Gasteiger partial charge in [-0.05, 0) is 26.0 Å². The van der Waals surface area contributed by atoms with Gasteiger partial charge in [0.2, 0.25) is 11.0 Å². The van der Waals surface area contributed by atoms with Crippen molar-refractivity contribution in [2.45, 2.75) is 13.8 Å². The lowest BCUT2D eigenvalue weighted by Gasteiger charge is -2.05. The molecule has 4 aromatic rings. The van der Waals surface area contributed by atoms with Gasteiger partial charge in [0.1, 0.15) is 16.5 Å². The number of fused-ring (bicyclic) bond motifs is 1. The van der Waals surface area contributed by atoms with Crippen molar-refractivity contribution < 1.29 is 5.11 Å². The lowest BCUT2D eigenvalue weighted by molar-refractivity contribution is 0.439. The summed E-state index contributed by atoms with van der Waals surface area (Å²) in [5.41, 5.74) is 5.22. The number of para-hydroxylation sites is 1. The van der Waals surface area contributed by atoms with Gasteiger partial charge >= 0.3 is 0 Å². The van der Waals surface area contributed by atoms with Crippen LogP contribution in [0.25, 0.3) is 16.8 Å². The molecular weight excluding hydrogens is 382 g/mol. The molecule has 0 unspecified atom stereocenters. The van der Waals surface area contributed by atoms with E-state index in [0.29, 0.717) is 16.6 Å². The van der Waals surface area contributed by atoms with Gasteiger partial charge in [0.15, 0.2) is 0 Å². The molecule has 3 heterocycles. The van der Waals surface area contributed by atoms with E-state index in [9.17, 15) is 5.11 Å². The van der Waals surface area contributed by atoms with Crippen LogP contribution in [0.3, 0.4) is 0 Å². The van der Waals surface area contributed by atoms with Crippen molar-refractivity contribution in [2.24, 2.45) is 4.99 Å². The van der Waals surface area contributed by atoms with E-state index in [1.54, 1.807) is 4.57 Å². The Kier molecular flexibility index (Phi) is 4.10. The van der Waals surface area contributed by atoms with Gasteiger partial charge in [-0.25, -0.2) is 14.5 Å². The Morgan fingerprint density at radius 2 is 1.72 bits per heavy atom. The number of aryl methyl sites for hydroxylation is 2. The maximum Gasteiger partial charge on any atom is 0.225 e. The molecule has 0 aliphatic carbocycles. The Morgan fingerprint density at radius 3 is 2.48 bits per heavy atom. The monoisotopic (exact) mass is 399 g/mol. The molecule has 0 saturated heterocycles. The van der Waals surface area contributed by atoms with Gasteiger partial charge in [-0.2, -0.15) is 0 Å². The predicted octanol–water partition coefficient (Wildman–Crippen LogP) is 4.72. The fraction of sp³-hybridized carbons (Fsp3) is 0.0909. The van der Waals surface area contributed by atoms with Gasteiger partial charge < -0.3 is 5.11 Å². The molecule has 7 heteroatoms. The molecule has 1 N–H and O–H groups in total. The second-order valence-electron chi connectivity index (χ2n) is 6.71. The first-order chi connectivity index (χ1) is 14.1. The van der Waals surface area contributed by atoms with Crippen LogP contribution in [0, 0.1) is 13.8 Å². The molecule has 142 valence electrons. The lowest BCUT2D eigenvalue weighted by atomic mass is 9.97. The second-order valence-corrected chi connectivity index (χ2v) is 7.87. The SMILES string of the molecule is Cc1nnc(-n2c(C)nc(/C=C3/C(c4ccccc4)=Nc4ccccc43)c2O)s1. The summed E-state index contributed by atoms with van der Waals surface area (Å²) in [6, 6.07) is 18.0. The molecular formula is C22H17N5OS. The minimum absolute atomic E-state index is 0.0444. The second kappa shape index (κ2) is 6.79. The summed E-state index contributed by atoms with van der Waals surface area (Å²) in [5, 5.41) is 20.5. The van der Waals surface area contributed by atoms with Crippen molar-refractivity contribution in [1.82, 2.24) is 19.7 Å². The molecule has 1 aliphatic rings. The van der Waals surface area contributed by atoms with Crippen LogP contribution in [0.4, 0.5) is 5.69 Å². The minimum Gasteiger partial charge on any atom is -0.493 e. The Morgan fingerprint density at radius 1 is 0.966 bits per heavy atom. The van der Waals surface area contributed by atoms with E-state index in [2.05, 4.69) is 15.2 Å². The maximum absolute atomic E-state index is 10.9. The zero-order chi connectivity index (χ0) is 20.0. The van der Waals surface area contributed by atoms with E-state index in [-0.39, 0.29) is 5.88 Å². The van der Waals surface area contributed by atoms with Crippen molar-refractivity contribution in [3.8, 4) is 11.0 Å². The standard InChI is InChI=1S/C22H17N5OS/c1-13-23-19(21(28)27(13)22-26-25-14(2)29-22)12-17-16-10-6-7-11-18(16)24-20(17)15-8-4-3-5-9-15/h3-12,28H,1-2H3/b17-12+. The number of allylic oxidation sites excluding steroid dienone is 1. The normalized spacial score (nSPS) is 14.3. The third-order valence-corrected chi connectivity index (χ3v) is 5.59. The third kappa shape index (κ3) is 2.96. The average Bonchev–Trinajstić information content (AvgIpc) is 3.39.